The van der Waals surface area contributed by atoms with Crippen molar-refractivity contribution in [3.05, 3.63) is 65.3 Å². The molecule has 1 aromatic heterocycles. The minimum Gasteiger partial charge on any atom is -0.484 e. The summed E-state index contributed by atoms with van der Waals surface area (Å²) in [6.07, 6.45) is 1.57. The van der Waals surface area contributed by atoms with Crippen LogP contribution in [-0.4, -0.2) is 34.1 Å². The number of hydrogen-bond donors (Lipinski definition) is 0. The molecule has 1 atom stereocenters. The van der Waals surface area contributed by atoms with Crippen LogP contribution in [0.4, 0.5) is 4.39 Å². The van der Waals surface area contributed by atoms with Gasteiger partial charge in [-0.15, -0.1) is 0 Å². The number of likely N-dealkylation sites (tertiary alicyclic amines) is 1. The first-order valence-corrected chi connectivity index (χ1v) is 9.25. The molecule has 3 aromatic rings. The highest BCUT2D eigenvalue weighted by Gasteiger charge is 2.34. The molecule has 0 spiro atoms. The summed E-state index contributed by atoms with van der Waals surface area (Å²) in [4.78, 5) is 18.7. The van der Waals surface area contributed by atoms with E-state index in [1.807, 2.05) is 0 Å². The Balaban J connectivity index is 1.43. The van der Waals surface area contributed by atoms with Gasteiger partial charge in [0.2, 0.25) is 11.7 Å². The summed E-state index contributed by atoms with van der Waals surface area (Å²) < 4.78 is 24.0. The predicted molar refractivity (Wildman–Crippen MR) is 100 cm³/mol. The average Bonchev–Trinajstić information content (AvgIpc) is 3.37. The number of hydrogen-bond acceptors (Lipinski definition) is 5. The van der Waals surface area contributed by atoms with Crippen LogP contribution < -0.4 is 4.74 Å². The maximum atomic E-state index is 13.1. The lowest BCUT2D eigenvalue weighted by Crippen LogP contribution is -2.34. The monoisotopic (exact) mass is 401 g/mol. The number of nitrogens with zero attached hydrogens (tertiary/aromatic N) is 3. The van der Waals surface area contributed by atoms with Crippen LogP contribution in [0.15, 0.2) is 53.1 Å². The Morgan fingerprint density at radius 3 is 2.71 bits per heavy atom. The van der Waals surface area contributed by atoms with E-state index in [1.54, 1.807) is 41.3 Å². The first-order valence-electron chi connectivity index (χ1n) is 8.87. The van der Waals surface area contributed by atoms with Gasteiger partial charge in [-0.3, -0.25) is 4.79 Å². The van der Waals surface area contributed by atoms with Crippen molar-refractivity contribution in [3.8, 4) is 17.1 Å². The molecule has 6 nitrogen and oxygen atoms in total. The zero-order valence-corrected chi connectivity index (χ0v) is 15.6. The second-order valence-electron chi connectivity index (χ2n) is 6.45. The molecule has 2 aromatic carbocycles. The highest BCUT2D eigenvalue weighted by molar-refractivity contribution is 6.30. The lowest BCUT2D eigenvalue weighted by Gasteiger charge is -2.21. The predicted octanol–water partition coefficient (Wildman–Crippen LogP) is 4.27. The Labute approximate surface area is 165 Å². The van der Waals surface area contributed by atoms with Crippen molar-refractivity contribution < 1.29 is 18.4 Å². The quantitative estimate of drug-likeness (QED) is 0.638. The van der Waals surface area contributed by atoms with Gasteiger partial charge in [0.25, 0.3) is 5.91 Å². The van der Waals surface area contributed by atoms with Crippen LogP contribution in [0.2, 0.25) is 5.02 Å². The third-order valence-corrected chi connectivity index (χ3v) is 4.83. The molecule has 2 heterocycles. The molecule has 8 heteroatoms. The molecule has 0 aliphatic carbocycles. The van der Waals surface area contributed by atoms with Gasteiger partial charge in [0.15, 0.2) is 6.61 Å². The third kappa shape index (κ3) is 3.99. The minimum absolute atomic E-state index is 0.0862. The molecule has 1 aliphatic heterocycles. The smallest absolute Gasteiger partial charge is 0.261 e. The van der Waals surface area contributed by atoms with E-state index >= 15 is 0 Å². The number of carbonyl (C=O) groups is 1. The van der Waals surface area contributed by atoms with Crippen LogP contribution in [0.3, 0.4) is 0 Å². The molecular formula is C20H17ClFN3O3. The van der Waals surface area contributed by atoms with Gasteiger partial charge in [-0.05, 0) is 61.4 Å². The number of carbonyl (C=O) groups excluding carboxylic acids is 1. The summed E-state index contributed by atoms with van der Waals surface area (Å²) in [5.41, 5.74) is 0.651. The summed E-state index contributed by atoms with van der Waals surface area (Å²) in [5, 5.41) is 4.57. The van der Waals surface area contributed by atoms with E-state index in [2.05, 4.69) is 10.1 Å². The summed E-state index contributed by atoms with van der Waals surface area (Å²) >= 11 is 5.85. The lowest BCUT2D eigenvalue weighted by molar-refractivity contribution is -0.134. The molecule has 0 radical (unpaired) electrons. The molecule has 0 unspecified atom stereocenters. The van der Waals surface area contributed by atoms with Crippen molar-refractivity contribution in [2.75, 3.05) is 13.2 Å². The van der Waals surface area contributed by atoms with Gasteiger partial charge < -0.3 is 14.2 Å². The van der Waals surface area contributed by atoms with Crippen LogP contribution in [0.1, 0.15) is 24.8 Å². The second kappa shape index (κ2) is 7.98. The minimum atomic E-state index is -0.333. The number of halogens is 2. The summed E-state index contributed by atoms with van der Waals surface area (Å²) in [5.74, 6) is 0.827. The fourth-order valence-electron chi connectivity index (χ4n) is 3.17. The Morgan fingerprint density at radius 1 is 1.21 bits per heavy atom. The summed E-state index contributed by atoms with van der Waals surface area (Å²) in [6, 6.07) is 12.4. The first kappa shape index (κ1) is 18.4. The van der Waals surface area contributed by atoms with E-state index in [1.165, 1.54) is 12.1 Å². The van der Waals surface area contributed by atoms with Crippen molar-refractivity contribution in [2.24, 2.45) is 0 Å². The van der Waals surface area contributed by atoms with Crippen LogP contribution in [0.25, 0.3) is 11.4 Å². The van der Waals surface area contributed by atoms with Crippen molar-refractivity contribution in [1.82, 2.24) is 15.0 Å². The van der Waals surface area contributed by atoms with Crippen LogP contribution in [0, 0.1) is 5.82 Å². The fraction of sp³-hybridized carbons (Fsp3) is 0.250. The van der Waals surface area contributed by atoms with E-state index in [9.17, 15) is 9.18 Å². The standard InChI is InChI=1S/C20H17ClFN3O3/c21-14-5-9-16(10-6-14)27-12-18(26)25-11-1-2-17(25)20-23-19(24-28-20)13-3-7-15(22)8-4-13/h3-10,17H,1-2,11-12H2/t17-/m0/s1. The van der Waals surface area contributed by atoms with Crippen molar-refractivity contribution >= 4 is 17.5 Å². The molecule has 4 rings (SSSR count). The molecule has 1 amide bonds. The molecule has 1 aliphatic rings. The van der Waals surface area contributed by atoms with Gasteiger partial charge in [0.1, 0.15) is 17.6 Å². The summed E-state index contributed by atoms with van der Waals surface area (Å²) in [6.45, 7) is 0.513. The topological polar surface area (TPSA) is 68.5 Å². The van der Waals surface area contributed by atoms with Crippen LogP contribution >= 0.6 is 11.6 Å². The normalized spacial score (nSPS) is 16.4. The third-order valence-electron chi connectivity index (χ3n) is 4.58. The van der Waals surface area contributed by atoms with Gasteiger partial charge in [0, 0.05) is 17.1 Å². The molecular weight excluding hydrogens is 385 g/mol. The van der Waals surface area contributed by atoms with E-state index in [4.69, 9.17) is 20.9 Å². The van der Waals surface area contributed by atoms with Crippen molar-refractivity contribution in [1.29, 1.82) is 0 Å². The van der Waals surface area contributed by atoms with E-state index in [0.717, 1.165) is 12.8 Å². The average molecular weight is 402 g/mol. The molecule has 0 bridgehead atoms. The highest BCUT2D eigenvalue weighted by atomic mass is 35.5. The first-order chi connectivity index (χ1) is 13.6. The SMILES string of the molecule is O=C(COc1ccc(Cl)cc1)N1CCC[C@H]1c1nc(-c2ccc(F)cc2)no1. The molecule has 0 saturated carbocycles. The Kier molecular flexibility index (Phi) is 5.25. The van der Waals surface area contributed by atoms with E-state index in [-0.39, 0.29) is 24.4 Å². The number of rotatable bonds is 5. The maximum absolute atomic E-state index is 13.1. The number of amides is 1. The molecule has 0 N–H and O–H groups in total. The molecule has 144 valence electrons. The zero-order chi connectivity index (χ0) is 19.5. The zero-order valence-electron chi connectivity index (χ0n) is 14.8. The molecule has 28 heavy (non-hydrogen) atoms. The molecule has 1 fully saturated rings. The lowest BCUT2D eigenvalue weighted by atomic mass is 10.2. The van der Waals surface area contributed by atoms with Gasteiger partial charge in [-0.2, -0.15) is 4.98 Å². The molecule has 1 saturated heterocycles. The Bertz CT molecular complexity index is 960. The van der Waals surface area contributed by atoms with Gasteiger partial charge in [0.05, 0.1) is 0 Å². The van der Waals surface area contributed by atoms with E-state index < -0.39 is 0 Å². The Hall–Kier alpha value is -2.93. The maximum Gasteiger partial charge on any atom is 0.261 e. The van der Waals surface area contributed by atoms with Gasteiger partial charge >= 0.3 is 0 Å². The second-order valence-corrected chi connectivity index (χ2v) is 6.89. The Morgan fingerprint density at radius 2 is 1.96 bits per heavy atom. The van der Waals surface area contributed by atoms with E-state index in [0.29, 0.717) is 34.6 Å². The number of aromatic nitrogens is 2. The van der Waals surface area contributed by atoms with Gasteiger partial charge in [-0.1, -0.05) is 16.8 Å². The van der Waals surface area contributed by atoms with Crippen molar-refractivity contribution in [3.63, 3.8) is 0 Å². The fourth-order valence-corrected chi connectivity index (χ4v) is 3.29. The van der Waals surface area contributed by atoms with Crippen molar-refractivity contribution in [2.45, 2.75) is 18.9 Å². The van der Waals surface area contributed by atoms with Crippen LogP contribution in [0.5, 0.6) is 5.75 Å². The number of ether oxygens (including phenoxy) is 1. The van der Waals surface area contributed by atoms with Crippen LogP contribution in [-0.2, 0) is 4.79 Å². The highest BCUT2D eigenvalue weighted by Crippen LogP contribution is 2.32. The van der Waals surface area contributed by atoms with Gasteiger partial charge in [-0.25, -0.2) is 4.39 Å². The largest absolute Gasteiger partial charge is 0.484 e. The number of benzene rings is 2. The summed E-state index contributed by atoms with van der Waals surface area (Å²) in [7, 11) is 0.